The van der Waals surface area contributed by atoms with Crippen molar-refractivity contribution in [2.45, 2.75) is 25.7 Å². The monoisotopic (exact) mass is 594 g/mol. The second-order valence-corrected chi connectivity index (χ2v) is 12.6. The van der Waals surface area contributed by atoms with Gasteiger partial charge < -0.3 is 5.11 Å². The molecule has 8 rings (SSSR count). The number of pyridine rings is 2. The van der Waals surface area contributed by atoms with Crippen LogP contribution in [0.3, 0.4) is 0 Å². The SMILES string of the molecule is CC(C)Cc1cccc2c(-c3ccccc3O)cc(-c3cccc(C4(c5ccccn5)c5ccccc5-c5ccccc54)n3)cc12. The van der Waals surface area contributed by atoms with Gasteiger partial charge in [-0.2, -0.15) is 0 Å². The number of aromatic hydroxyl groups is 1. The number of hydrogen-bond donors (Lipinski definition) is 1. The van der Waals surface area contributed by atoms with E-state index in [1.165, 1.54) is 33.2 Å². The predicted octanol–water partition coefficient (Wildman–Crippen LogP) is 10.2. The summed E-state index contributed by atoms with van der Waals surface area (Å²) < 4.78 is 0. The van der Waals surface area contributed by atoms with E-state index in [4.69, 9.17) is 9.97 Å². The van der Waals surface area contributed by atoms with Crippen molar-refractivity contribution < 1.29 is 5.11 Å². The van der Waals surface area contributed by atoms with Gasteiger partial charge >= 0.3 is 0 Å². The number of hydrogen-bond acceptors (Lipinski definition) is 3. The van der Waals surface area contributed by atoms with Crippen LogP contribution in [0.15, 0.2) is 146 Å². The molecule has 0 bridgehead atoms. The summed E-state index contributed by atoms with van der Waals surface area (Å²) in [5, 5.41) is 13.3. The van der Waals surface area contributed by atoms with Crippen molar-refractivity contribution in [2.24, 2.45) is 5.92 Å². The molecule has 0 fully saturated rings. The van der Waals surface area contributed by atoms with Crippen LogP contribution in [0.25, 0.3) is 44.3 Å². The minimum absolute atomic E-state index is 0.269. The van der Waals surface area contributed by atoms with E-state index in [1.54, 1.807) is 6.07 Å². The normalized spacial score (nSPS) is 13.1. The van der Waals surface area contributed by atoms with Crippen LogP contribution in [0.1, 0.15) is 41.9 Å². The van der Waals surface area contributed by atoms with E-state index in [2.05, 4.69) is 123 Å². The molecule has 0 saturated heterocycles. The molecule has 2 aromatic heterocycles. The van der Waals surface area contributed by atoms with Gasteiger partial charge in [0.15, 0.2) is 0 Å². The van der Waals surface area contributed by atoms with Gasteiger partial charge in [0.1, 0.15) is 11.2 Å². The Morgan fingerprint density at radius 2 is 1.24 bits per heavy atom. The first-order valence-electron chi connectivity index (χ1n) is 16.0. The van der Waals surface area contributed by atoms with Crippen LogP contribution >= 0.6 is 0 Å². The lowest BCUT2D eigenvalue weighted by atomic mass is 9.72. The molecule has 0 radical (unpaired) electrons. The minimum Gasteiger partial charge on any atom is -0.507 e. The Balaban J connectivity index is 1.41. The third-order valence-electron chi connectivity index (χ3n) is 9.34. The summed E-state index contributed by atoms with van der Waals surface area (Å²) >= 11 is 0. The molecule has 0 aliphatic heterocycles. The fraction of sp³-hybridized carbons (Fsp3) is 0.116. The van der Waals surface area contributed by atoms with E-state index in [0.29, 0.717) is 5.92 Å². The van der Waals surface area contributed by atoms with Crippen LogP contribution in [0.2, 0.25) is 0 Å². The molecule has 3 nitrogen and oxygen atoms in total. The first-order valence-corrected chi connectivity index (χ1v) is 16.0. The molecule has 46 heavy (non-hydrogen) atoms. The summed E-state index contributed by atoms with van der Waals surface area (Å²) in [6.45, 7) is 4.51. The zero-order valence-corrected chi connectivity index (χ0v) is 26.0. The minimum atomic E-state index is -0.676. The zero-order chi connectivity index (χ0) is 31.3. The molecule has 1 aliphatic rings. The molecular formula is C43H34N2O. The first-order chi connectivity index (χ1) is 22.6. The molecule has 1 N–H and O–H groups in total. The number of rotatable bonds is 6. The van der Waals surface area contributed by atoms with Crippen LogP contribution in [0.5, 0.6) is 5.75 Å². The van der Waals surface area contributed by atoms with Crippen molar-refractivity contribution in [1.29, 1.82) is 0 Å². The van der Waals surface area contributed by atoms with Crippen LogP contribution in [-0.4, -0.2) is 15.1 Å². The van der Waals surface area contributed by atoms with Crippen LogP contribution < -0.4 is 0 Å². The number of phenols is 1. The van der Waals surface area contributed by atoms with Gasteiger partial charge in [0.25, 0.3) is 0 Å². The van der Waals surface area contributed by atoms with E-state index in [1.807, 2.05) is 30.5 Å². The highest BCUT2D eigenvalue weighted by Crippen LogP contribution is 2.55. The highest BCUT2D eigenvalue weighted by atomic mass is 16.3. The number of phenolic OH excluding ortho intramolecular Hbond substituents is 1. The summed E-state index contributed by atoms with van der Waals surface area (Å²) in [4.78, 5) is 10.5. The van der Waals surface area contributed by atoms with E-state index in [0.717, 1.165) is 45.6 Å². The summed E-state index contributed by atoms with van der Waals surface area (Å²) in [5.74, 6) is 0.773. The van der Waals surface area contributed by atoms with Crippen molar-refractivity contribution in [3.05, 3.63) is 174 Å². The van der Waals surface area contributed by atoms with E-state index < -0.39 is 5.41 Å². The lowest BCUT2D eigenvalue weighted by molar-refractivity contribution is 0.477. The van der Waals surface area contributed by atoms with Crippen LogP contribution in [0, 0.1) is 5.92 Å². The topological polar surface area (TPSA) is 46.0 Å². The van der Waals surface area contributed by atoms with E-state index in [9.17, 15) is 5.11 Å². The van der Waals surface area contributed by atoms with Crippen molar-refractivity contribution in [3.8, 4) is 39.3 Å². The molecule has 7 aromatic rings. The fourth-order valence-corrected chi connectivity index (χ4v) is 7.45. The molecule has 0 unspecified atom stereocenters. The lowest BCUT2D eigenvalue weighted by Gasteiger charge is -2.31. The van der Waals surface area contributed by atoms with E-state index >= 15 is 0 Å². The van der Waals surface area contributed by atoms with Crippen LogP contribution in [-0.2, 0) is 11.8 Å². The van der Waals surface area contributed by atoms with Crippen molar-refractivity contribution >= 4 is 10.8 Å². The van der Waals surface area contributed by atoms with Gasteiger partial charge in [0.2, 0.25) is 0 Å². The average Bonchev–Trinajstić information content (AvgIpc) is 3.40. The van der Waals surface area contributed by atoms with Gasteiger partial charge in [0, 0.05) is 17.3 Å². The Morgan fingerprint density at radius 3 is 1.93 bits per heavy atom. The van der Waals surface area contributed by atoms with Crippen LogP contribution in [0.4, 0.5) is 0 Å². The molecule has 2 heterocycles. The molecule has 5 aromatic carbocycles. The number of nitrogens with zero attached hydrogens (tertiary/aromatic N) is 2. The predicted molar refractivity (Wildman–Crippen MR) is 188 cm³/mol. The Labute approximate surface area is 269 Å². The van der Waals surface area contributed by atoms with E-state index in [-0.39, 0.29) is 5.75 Å². The third kappa shape index (κ3) is 4.34. The summed E-state index contributed by atoms with van der Waals surface area (Å²) in [5.41, 5.74) is 11.0. The summed E-state index contributed by atoms with van der Waals surface area (Å²) in [6, 6.07) is 48.4. The molecule has 1 aliphatic carbocycles. The second kappa shape index (κ2) is 11.1. The van der Waals surface area contributed by atoms with Gasteiger partial charge in [-0.3, -0.25) is 9.97 Å². The number of para-hydroxylation sites is 1. The van der Waals surface area contributed by atoms with Crippen molar-refractivity contribution in [1.82, 2.24) is 9.97 Å². The zero-order valence-electron chi connectivity index (χ0n) is 26.0. The number of fused-ring (bicyclic) bond motifs is 4. The quantitative estimate of drug-likeness (QED) is 0.208. The average molecular weight is 595 g/mol. The Morgan fingerprint density at radius 1 is 0.587 bits per heavy atom. The number of benzene rings is 5. The number of aromatic nitrogens is 2. The third-order valence-corrected chi connectivity index (χ3v) is 9.34. The molecule has 3 heteroatoms. The van der Waals surface area contributed by atoms with Crippen molar-refractivity contribution in [3.63, 3.8) is 0 Å². The Kier molecular flexibility index (Phi) is 6.76. The first kappa shape index (κ1) is 28.0. The highest BCUT2D eigenvalue weighted by molar-refractivity contribution is 6.02. The standard InChI is InChI=1S/C43H34N2O/c1-28(2)25-29-13-11-17-31-35(29)26-30(27-36(31)34-16-5-8-21-40(34)46)39-20-12-23-42(45-39)43(41-22-9-10-24-44-41)37-18-6-3-14-32(37)33-15-4-7-19-38(33)43/h3-24,26-28,46H,25H2,1-2H3. The maximum atomic E-state index is 11.0. The maximum absolute atomic E-state index is 11.0. The lowest BCUT2D eigenvalue weighted by Crippen LogP contribution is -2.31. The van der Waals surface area contributed by atoms with Gasteiger partial charge in [-0.1, -0.05) is 111 Å². The van der Waals surface area contributed by atoms with Gasteiger partial charge in [0.05, 0.1) is 17.1 Å². The van der Waals surface area contributed by atoms with Gasteiger partial charge in [-0.15, -0.1) is 0 Å². The summed E-state index contributed by atoms with van der Waals surface area (Å²) in [7, 11) is 0. The Hall–Kier alpha value is -5.54. The molecule has 0 atom stereocenters. The van der Waals surface area contributed by atoms with Crippen molar-refractivity contribution in [2.75, 3.05) is 0 Å². The fourth-order valence-electron chi connectivity index (χ4n) is 7.45. The van der Waals surface area contributed by atoms with Gasteiger partial charge in [-0.05, 0) is 99.0 Å². The largest absolute Gasteiger partial charge is 0.507 e. The maximum Gasteiger partial charge on any atom is 0.123 e. The molecule has 222 valence electrons. The molecule has 0 saturated carbocycles. The highest BCUT2D eigenvalue weighted by Gasteiger charge is 2.48. The smallest absolute Gasteiger partial charge is 0.123 e. The van der Waals surface area contributed by atoms with Gasteiger partial charge in [-0.25, -0.2) is 0 Å². The second-order valence-electron chi connectivity index (χ2n) is 12.6. The molecular weight excluding hydrogens is 560 g/mol. The Bertz CT molecular complexity index is 2190. The summed E-state index contributed by atoms with van der Waals surface area (Å²) in [6.07, 6.45) is 2.84. The molecule has 0 amide bonds. The molecule has 0 spiro atoms.